The zero-order chi connectivity index (χ0) is 12.8. The normalized spacial score (nSPS) is 20.2. The maximum absolute atomic E-state index is 11.9. The highest BCUT2D eigenvalue weighted by molar-refractivity contribution is 5.95. The Kier molecular flexibility index (Phi) is 4.90. The van der Waals surface area contributed by atoms with Crippen LogP contribution in [-0.2, 0) is 0 Å². The lowest BCUT2D eigenvalue weighted by Gasteiger charge is -2.14. The maximum Gasteiger partial charge on any atom is 0.162 e. The van der Waals surface area contributed by atoms with E-state index in [0.29, 0.717) is 18.9 Å². The van der Waals surface area contributed by atoms with E-state index < -0.39 is 0 Å². The Morgan fingerprint density at radius 3 is 2.78 bits per heavy atom. The molecule has 1 aromatic carbocycles. The largest absolute Gasteiger partial charge is 0.396 e. The van der Waals surface area contributed by atoms with E-state index in [1.54, 1.807) is 0 Å². The highest BCUT2D eigenvalue weighted by Crippen LogP contribution is 2.16. The second-order valence-corrected chi connectivity index (χ2v) is 5.03. The third-order valence-electron chi connectivity index (χ3n) is 3.60. The van der Waals surface area contributed by atoms with E-state index in [9.17, 15) is 4.79 Å². The highest BCUT2D eigenvalue weighted by atomic mass is 16.3. The first-order valence-electron chi connectivity index (χ1n) is 6.71. The molecule has 1 unspecified atom stereocenters. The predicted octanol–water partition coefficient (Wildman–Crippen LogP) is 1.96. The number of nitrogens with zero attached hydrogens (tertiary/aromatic N) is 1. The number of hydrogen-bond acceptors (Lipinski definition) is 3. The minimum atomic E-state index is 0.230. The number of likely N-dealkylation sites (tertiary alicyclic amines) is 1. The van der Waals surface area contributed by atoms with Gasteiger partial charge in [0.25, 0.3) is 0 Å². The van der Waals surface area contributed by atoms with Crippen molar-refractivity contribution in [1.29, 1.82) is 0 Å². The van der Waals surface area contributed by atoms with Crippen LogP contribution in [0.2, 0.25) is 0 Å². The van der Waals surface area contributed by atoms with Crippen molar-refractivity contribution >= 4 is 5.78 Å². The van der Waals surface area contributed by atoms with E-state index in [1.165, 1.54) is 0 Å². The van der Waals surface area contributed by atoms with Crippen molar-refractivity contribution in [1.82, 2.24) is 4.90 Å². The number of carbonyl (C=O) groups is 1. The molecule has 0 aliphatic carbocycles. The Balaban J connectivity index is 1.68. The van der Waals surface area contributed by atoms with Crippen molar-refractivity contribution in [2.75, 3.05) is 26.2 Å². The van der Waals surface area contributed by atoms with Crippen molar-refractivity contribution in [3.05, 3.63) is 35.9 Å². The van der Waals surface area contributed by atoms with Gasteiger partial charge in [-0.2, -0.15) is 0 Å². The van der Waals surface area contributed by atoms with Crippen LogP contribution in [0.5, 0.6) is 0 Å². The molecule has 0 bridgehead atoms. The van der Waals surface area contributed by atoms with Gasteiger partial charge in [0, 0.05) is 25.1 Å². The molecule has 1 aliphatic rings. The van der Waals surface area contributed by atoms with Crippen molar-refractivity contribution in [2.45, 2.75) is 19.3 Å². The van der Waals surface area contributed by atoms with Gasteiger partial charge in [0.15, 0.2) is 5.78 Å². The minimum Gasteiger partial charge on any atom is -0.396 e. The summed E-state index contributed by atoms with van der Waals surface area (Å²) in [5.41, 5.74) is 0.812. The number of carbonyl (C=O) groups excluding carboxylic acids is 1. The van der Waals surface area contributed by atoms with Gasteiger partial charge in [0.05, 0.1) is 0 Å². The van der Waals surface area contributed by atoms with Crippen LogP contribution in [0, 0.1) is 5.92 Å². The molecule has 1 fully saturated rings. The number of ketones is 1. The van der Waals surface area contributed by atoms with Crippen LogP contribution < -0.4 is 0 Å². The fourth-order valence-corrected chi connectivity index (χ4v) is 2.50. The fraction of sp³-hybridized carbons (Fsp3) is 0.533. The molecule has 0 amide bonds. The van der Waals surface area contributed by atoms with E-state index in [2.05, 4.69) is 4.90 Å². The summed E-state index contributed by atoms with van der Waals surface area (Å²) < 4.78 is 0. The molecule has 0 radical (unpaired) electrons. The summed E-state index contributed by atoms with van der Waals surface area (Å²) in [4.78, 5) is 14.2. The van der Waals surface area contributed by atoms with E-state index in [1.807, 2.05) is 30.3 Å². The Morgan fingerprint density at radius 2 is 2.11 bits per heavy atom. The molecule has 0 aromatic heterocycles. The zero-order valence-electron chi connectivity index (χ0n) is 10.7. The summed E-state index contributed by atoms with van der Waals surface area (Å²) in [5.74, 6) is 0.670. The maximum atomic E-state index is 11.9. The first-order chi connectivity index (χ1) is 8.79. The predicted molar refractivity (Wildman–Crippen MR) is 71.6 cm³/mol. The number of benzene rings is 1. The van der Waals surface area contributed by atoms with Crippen molar-refractivity contribution < 1.29 is 9.90 Å². The standard InChI is InChI=1S/C15H21NO2/c17-12-13-8-10-16(11-13)9-4-7-15(18)14-5-2-1-3-6-14/h1-3,5-6,13,17H,4,7-12H2. The van der Waals surface area contributed by atoms with Crippen molar-refractivity contribution in [2.24, 2.45) is 5.92 Å². The van der Waals surface area contributed by atoms with Crippen LogP contribution in [0.25, 0.3) is 0 Å². The first-order valence-corrected chi connectivity index (χ1v) is 6.71. The molecule has 1 heterocycles. The minimum absolute atomic E-state index is 0.230. The van der Waals surface area contributed by atoms with Crippen LogP contribution in [0.15, 0.2) is 30.3 Å². The summed E-state index contributed by atoms with van der Waals surface area (Å²) in [7, 11) is 0. The third kappa shape index (κ3) is 3.65. The van der Waals surface area contributed by atoms with Gasteiger partial charge in [-0.25, -0.2) is 0 Å². The van der Waals surface area contributed by atoms with E-state index in [0.717, 1.165) is 38.0 Å². The number of aliphatic hydroxyl groups is 1. The van der Waals surface area contributed by atoms with Gasteiger partial charge in [0.1, 0.15) is 0 Å². The second-order valence-electron chi connectivity index (χ2n) is 5.03. The van der Waals surface area contributed by atoms with Crippen molar-refractivity contribution in [3.63, 3.8) is 0 Å². The summed E-state index contributed by atoms with van der Waals surface area (Å²) in [6.45, 7) is 3.30. The Morgan fingerprint density at radius 1 is 1.33 bits per heavy atom. The number of aliphatic hydroxyl groups excluding tert-OH is 1. The zero-order valence-corrected chi connectivity index (χ0v) is 10.7. The van der Waals surface area contributed by atoms with Gasteiger partial charge in [-0.05, 0) is 31.8 Å². The van der Waals surface area contributed by atoms with Crippen LogP contribution >= 0.6 is 0 Å². The van der Waals surface area contributed by atoms with E-state index in [4.69, 9.17) is 5.11 Å². The summed E-state index contributed by atoms with van der Waals surface area (Å²) in [6.07, 6.45) is 2.61. The molecule has 1 N–H and O–H groups in total. The average Bonchev–Trinajstić information content (AvgIpc) is 2.87. The second kappa shape index (κ2) is 6.66. The Labute approximate surface area is 108 Å². The van der Waals surface area contributed by atoms with Crippen LogP contribution in [0.4, 0.5) is 0 Å². The molecule has 3 heteroatoms. The molecule has 1 saturated heterocycles. The average molecular weight is 247 g/mol. The van der Waals surface area contributed by atoms with Crippen LogP contribution in [-0.4, -0.2) is 42.0 Å². The van der Waals surface area contributed by atoms with Gasteiger partial charge in [-0.15, -0.1) is 0 Å². The van der Waals surface area contributed by atoms with E-state index >= 15 is 0 Å². The smallest absolute Gasteiger partial charge is 0.162 e. The van der Waals surface area contributed by atoms with Crippen LogP contribution in [0.1, 0.15) is 29.6 Å². The molecule has 2 rings (SSSR count). The number of hydrogen-bond donors (Lipinski definition) is 1. The molecule has 98 valence electrons. The third-order valence-corrected chi connectivity index (χ3v) is 3.60. The fourth-order valence-electron chi connectivity index (χ4n) is 2.50. The number of rotatable bonds is 6. The number of Topliss-reactive ketones (excluding diaryl/α,β-unsaturated/α-hetero) is 1. The molecule has 1 aliphatic heterocycles. The summed E-state index contributed by atoms with van der Waals surface area (Å²) >= 11 is 0. The lowest BCUT2D eigenvalue weighted by molar-refractivity contribution is 0.0975. The van der Waals surface area contributed by atoms with Gasteiger partial charge in [-0.3, -0.25) is 4.79 Å². The lowest BCUT2D eigenvalue weighted by Crippen LogP contribution is -2.23. The van der Waals surface area contributed by atoms with Crippen LogP contribution in [0.3, 0.4) is 0 Å². The molecule has 1 aromatic rings. The molecule has 1 atom stereocenters. The highest BCUT2D eigenvalue weighted by Gasteiger charge is 2.21. The SMILES string of the molecule is O=C(CCCN1CCC(CO)C1)c1ccccc1. The van der Waals surface area contributed by atoms with Gasteiger partial charge in [-0.1, -0.05) is 30.3 Å². The molecule has 18 heavy (non-hydrogen) atoms. The Bertz CT molecular complexity index is 377. The topological polar surface area (TPSA) is 40.5 Å². The molecule has 0 spiro atoms. The molecule has 3 nitrogen and oxygen atoms in total. The van der Waals surface area contributed by atoms with Gasteiger partial charge < -0.3 is 10.0 Å². The van der Waals surface area contributed by atoms with Gasteiger partial charge in [0.2, 0.25) is 0 Å². The molecular formula is C15H21NO2. The molecular weight excluding hydrogens is 226 g/mol. The van der Waals surface area contributed by atoms with Gasteiger partial charge >= 0.3 is 0 Å². The Hall–Kier alpha value is -1.19. The summed E-state index contributed by atoms with van der Waals surface area (Å²) in [6, 6.07) is 9.48. The first kappa shape index (κ1) is 13.2. The monoisotopic (exact) mass is 247 g/mol. The van der Waals surface area contributed by atoms with E-state index in [-0.39, 0.29) is 5.78 Å². The quantitative estimate of drug-likeness (QED) is 0.781. The lowest BCUT2D eigenvalue weighted by atomic mass is 10.1. The van der Waals surface area contributed by atoms with Crippen molar-refractivity contribution in [3.8, 4) is 0 Å². The molecule has 0 saturated carbocycles. The summed E-state index contributed by atoms with van der Waals surface area (Å²) in [5, 5.41) is 9.07.